The molecule has 3 nitrogen and oxygen atoms in total. The van der Waals surface area contributed by atoms with Gasteiger partial charge in [-0.25, -0.2) is 0 Å². The van der Waals surface area contributed by atoms with Crippen LogP contribution in [0, 0.1) is 0 Å². The molecule has 1 aromatic heterocycles. The topological polar surface area (TPSA) is 45.4 Å². The van der Waals surface area contributed by atoms with Gasteiger partial charge < -0.3 is 14.8 Å². The Hall–Kier alpha value is -3.20. The predicted octanol–water partition coefficient (Wildman–Crippen LogP) is 9.92. The van der Waals surface area contributed by atoms with E-state index in [0.29, 0.717) is 11.5 Å². The summed E-state index contributed by atoms with van der Waals surface area (Å²) in [4.78, 5) is 0. The lowest BCUT2D eigenvalue weighted by atomic mass is 9.79. The minimum absolute atomic E-state index is 0.0228. The molecule has 0 aliphatic heterocycles. The predicted molar refractivity (Wildman–Crippen MR) is 168 cm³/mol. The molecule has 0 unspecified atom stereocenters. The van der Waals surface area contributed by atoms with Gasteiger partial charge in [0.1, 0.15) is 11.5 Å². The highest BCUT2D eigenvalue weighted by Gasteiger charge is 2.25. The van der Waals surface area contributed by atoms with Gasteiger partial charge in [0.05, 0.1) is 5.69 Å². The van der Waals surface area contributed by atoms with E-state index < -0.39 is 0 Å². The van der Waals surface area contributed by atoms with Crippen molar-refractivity contribution in [3.63, 3.8) is 0 Å². The zero-order chi connectivity index (χ0) is 29.6. The Kier molecular flexibility index (Phi) is 8.10. The smallest absolute Gasteiger partial charge is 0.143 e. The maximum Gasteiger partial charge on any atom is 0.143 e. The number of hydrogen-bond donors (Lipinski definition) is 2. The van der Waals surface area contributed by atoms with Gasteiger partial charge in [0.15, 0.2) is 0 Å². The van der Waals surface area contributed by atoms with E-state index in [1.807, 2.05) is 28.8 Å². The normalized spacial score (nSPS) is 12.8. The zero-order valence-corrected chi connectivity index (χ0v) is 26.2. The lowest BCUT2D eigenvalue weighted by molar-refractivity contribution is 0.442. The fourth-order valence-electron chi connectivity index (χ4n) is 4.52. The summed E-state index contributed by atoms with van der Waals surface area (Å²) in [7, 11) is 0. The minimum atomic E-state index is -0.118. The van der Waals surface area contributed by atoms with Gasteiger partial charge >= 0.3 is 0 Å². The molecule has 4 rings (SSSR count). The van der Waals surface area contributed by atoms with Crippen LogP contribution >= 0.6 is 0 Å². The van der Waals surface area contributed by atoms with Gasteiger partial charge in [-0.1, -0.05) is 119 Å². The number of rotatable bonds is 1. The quantitative estimate of drug-likeness (QED) is 0.259. The van der Waals surface area contributed by atoms with Crippen molar-refractivity contribution >= 4 is 10.8 Å². The standard InChI is InChI=1S/C22H27NO.C14H22O/c1-21(2,3)17-11-18(22(4,5)6)20(24)19(12-17)23-13-15-9-7-8-10-16(15)14-23;1-13(2,3)10-7-11(14(4,5)6)9-12(15)8-10/h7-14,24H,1-6H3;7-9,15H,1-6H3. The van der Waals surface area contributed by atoms with Crippen LogP contribution in [-0.4, -0.2) is 14.8 Å². The van der Waals surface area contributed by atoms with Gasteiger partial charge in [-0.15, -0.1) is 0 Å². The monoisotopic (exact) mass is 527 g/mol. The lowest BCUT2D eigenvalue weighted by Crippen LogP contribution is -2.17. The van der Waals surface area contributed by atoms with Crippen LogP contribution in [0.4, 0.5) is 0 Å². The Bertz CT molecular complexity index is 1380. The Labute approximate surface area is 236 Å². The molecule has 39 heavy (non-hydrogen) atoms. The first-order valence-corrected chi connectivity index (χ1v) is 14.0. The molecule has 0 spiro atoms. The van der Waals surface area contributed by atoms with E-state index in [1.165, 1.54) is 27.5 Å². The highest BCUT2D eigenvalue weighted by molar-refractivity contribution is 5.83. The zero-order valence-electron chi connectivity index (χ0n) is 26.2. The molecule has 4 aromatic rings. The van der Waals surface area contributed by atoms with Crippen molar-refractivity contribution in [1.82, 2.24) is 4.57 Å². The summed E-state index contributed by atoms with van der Waals surface area (Å²) < 4.78 is 2.05. The van der Waals surface area contributed by atoms with Gasteiger partial charge in [-0.2, -0.15) is 0 Å². The highest BCUT2D eigenvalue weighted by atomic mass is 16.3. The summed E-state index contributed by atoms with van der Waals surface area (Å²) in [6, 6.07) is 18.5. The summed E-state index contributed by atoms with van der Waals surface area (Å²) in [5, 5.41) is 23.0. The number of hydrogen-bond acceptors (Lipinski definition) is 2. The number of aromatic nitrogens is 1. The number of phenolic OH excluding ortho intramolecular Hbond substituents is 2. The largest absolute Gasteiger partial charge is 0.508 e. The maximum atomic E-state index is 11.0. The molecule has 210 valence electrons. The first-order chi connectivity index (χ1) is 17.7. The van der Waals surface area contributed by atoms with E-state index in [1.54, 1.807) is 0 Å². The van der Waals surface area contributed by atoms with Crippen LogP contribution in [0.2, 0.25) is 0 Å². The molecule has 0 aliphatic rings. The van der Waals surface area contributed by atoms with Crippen molar-refractivity contribution in [2.45, 2.75) is 105 Å². The Morgan fingerprint density at radius 2 is 0.923 bits per heavy atom. The van der Waals surface area contributed by atoms with Crippen LogP contribution < -0.4 is 0 Å². The summed E-state index contributed by atoms with van der Waals surface area (Å²) in [6.07, 6.45) is 4.17. The molecule has 0 radical (unpaired) electrons. The number of benzene rings is 3. The lowest BCUT2D eigenvalue weighted by Gasteiger charge is -2.27. The van der Waals surface area contributed by atoms with E-state index in [4.69, 9.17) is 0 Å². The summed E-state index contributed by atoms with van der Waals surface area (Å²) in [5.74, 6) is 0.739. The first kappa shape index (κ1) is 30.3. The van der Waals surface area contributed by atoms with Crippen LogP contribution in [0.15, 0.2) is 67.0 Å². The van der Waals surface area contributed by atoms with Crippen molar-refractivity contribution < 1.29 is 10.2 Å². The molecule has 0 saturated carbocycles. The van der Waals surface area contributed by atoms with E-state index in [9.17, 15) is 10.2 Å². The molecular formula is C36H49NO2. The van der Waals surface area contributed by atoms with E-state index in [2.05, 4.69) is 126 Å². The third-order valence-corrected chi connectivity index (χ3v) is 7.24. The van der Waals surface area contributed by atoms with Crippen molar-refractivity contribution in [1.29, 1.82) is 0 Å². The number of phenols is 2. The molecular weight excluding hydrogens is 478 g/mol. The Balaban J connectivity index is 0.000000242. The molecule has 3 aromatic carbocycles. The first-order valence-electron chi connectivity index (χ1n) is 14.0. The van der Waals surface area contributed by atoms with E-state index in [-0.39, 0.29) is 21.7 Å². The highest BCUT2D eigenvalue weighted by Crippen LogP contribution is 2.40. The second-order valence-electron chi connectivity index (χ2n) is 15.0. The molecule has 0 fully saturated rings. The fraction of sp³-hybridized carbons (Fsp3) is 0.444. The second kappa shape index (κ2) is 10.4. The van der Waals surface area contributed by atoms with Crippen LogP contribution in [-0.2, 0) is 21.7 Å². The summed E-state index contributed by atoms with van der Waals surface area (Å²) in [6.45, 7) is 26.0. The third-order valence-electron chi connectivity index (χ3n) is 7.24. The van der Waals surface area contributed by atoms with Crippen molar-refractivity contribution in [3.8, 4) is 17.2 Å². The maximum absolute atomic E-state index is 11.0. The number of fused-ring (bicyclic) bond motifs is 1. The molecule has 2 N–H and O–H groups in total. The van der Waals surface area contributed by atoms with Crippen LogP contribution in [0.25, 0.3) is 16.5 Å². The number of nitrogens with zero attached hydrogens (tertiary/aromatic N) is 1. The molecule has 0 saturated heterocycles. The van der Waals surface area contributed by atoms with E-state index >= 15 is 0 Å². The van der Waals surface area contributed by atoms with Crippen molar-refractivity contribution in [2.75, 3.05) is 0 Å². The van der Waals surface area contributed by atoms with Crippen LogP contribution in [0.5, 0.6) is 11.5 Å². The fourth-order valence-corrected chi connectivity index (χ4v) is 4.52. The van der Waals surface area contributed by atoms with Crippen LogP contribution in [0.1, 0.15) is 105 Å². The average Bonchev–Trinajstić information content (AvgIpc) is 3.20. The SMILES string of the molecule is CC(C)(C)c1cc(-n2cc3ccccc3c2)c(O)c(C(C)(C)C)c1.CC(C)(C)c1cc(O)cc(C(C)(C)C)c1. The summed E-state index contributed by atoms with van der Waals surface area (Å²) in [5.41, 5.74) is 5.52. The second-order valence-corrected chi connectivity index (χ2v) is 15.0. The number of aromatic hydroxyl groups is 2. The van der Waals surface area contributed by atoms with Gasteiger partial charge in [-0.05, 0) is 67.3 Å². The molecule has 0 atom stereocenters. The molecule has 1 heterocycles. The molecule has 0 aliphatic carbocycles. The molecule has 0 amide bonds. The third kappa shape index (κ3) is 7.26. The van der Waals surface area contributed by atoms with Crippen molar-refractivity contribution in [2.24, 2.45) is 0 Å². The van der Waals surface area contributed by atoms with E-state index in [0.717, 1.165) is 11.3 Å². The van der Waals surface area contributed by atoms with Gasteiger partial charge in [-0.3, -0.25) is 0 Å². The minimum Gasteiger partial charge on any atom is -0.508 e. The van der Waals surface area contributed by atoms with Crippen molar-refractivity contribution in [3.05, 3.63) is 89.2 Å². The van der Waals surface area contributed by atoms with Crippen LogP contribution in [0.3, 0.4) is 0 Å². The Morgan fingerprint density at radius 1 is 0.513 bits per heavy atom. The van der Waals surface area contributed by atoms with Gasteiger partial charge in [0, 0.05) is 18.0 Å². The molecule has 0 bridgehead atoms. The Morgan fingerprint density at radius 3 is 1.31 bits per heavy atom. The molecule has 3 heteroatoms. The summed E-state index contributed by atoms with van der Waals surface area (Å²) >= 11 is 0. The average molecular weight is 528 g/mol. The van der Waals surface area contributed by atoms with Gasteiger partial charge in [0.2, 0.25) is 0 Å². The van der Waals surface area contributed by atoms with Gasteiger partial charge in [0.25, 0.3) is 0 Å².